The highest BCUT2D eigenvalue weighted by Gasteiger charge is 2.23. The van der Waals surface area contributed by atoms with Gasteiger partial charge in [-0.3, -0.25) is 9.78 Å². The van der Waals surface area contributed by atoms with E-state index >= 15 is 0 Å². The largest absolute Gasteiger partial charge is 0.347 e. The van der Waals surface area contributed by atoms with Crippen molar-refractivity contribution in [3.8, 4) is 0 Å². The van der Waals surface area contributed by atoms with E-state index < -0.39 is 0 Å². The van der Waals surface area contributed by atoms with E-state index in [1.165, 1.54) is 18.4 Å². The standard InChI is InChI=1S/C13H14N4OS/c1-8-12(19-17-16-8)13(18)15-6-9-4-11(7-14-5-9)10-2-3-10/h4-5,7,10H,2-3,6H2,1H3,(H,15,18). The smallest absolute Gasteiger partial charge is 0.265 e. The molecule has 98 valence electrons. The third kappa shape index (κ3) is 2.78. The van der Waals surface area contributed by atoms with Gasteiger partial charge in [-0.25, -0.2) is 0 Å². The highest BCUT2D eigenvalue weighted by Crippen LogP contribution is 2.39. The van der Waals surface area contributed by atoms with Crippen LogP contribution in [-0.2, 0) is 6.54 Å². The minimum atomic E-state index is -0.121. The van der Waals surface area contributed by atoms with Gasteiger partial charge in [0.1, 0.15) is 4.88 Å². The second kappa shape index (κ2) is 5.05. The molecule has 3 rings (SSSR count). The van der Waals surface area contributed by atoms with Gasteiger partial charge in [-0.1, -0.05) is 10.6 Å². The molecule has 2 heterocycles. The van der Waals surface area contributed by atoms with Crippen LogP contribution in [0.25, 0.3) is 0 Å². The Bertz CT molecular complexity index is 606. The fraction of sp³-hybridized carbons (Fsp3) is 0.385. The number of carbonyl (C=O) groups is 1. The number of nitrogens with zero attached hydrogens (tertiary/aromatic N) is 3. The Kier molecular flexibility index (Phi) is 3.25. The Morgan fingerprint density at radius 2 is 2.32 bits per heavy atom. The predicted octanol–water partition coefficient (Wildman–Crippen LogP) is 2.05. The molecule has 0 spiro atoms. The summed E-state index contributed by atoms with van der Waals surface area (Å²) in [4.78, 5) is 16.7. The molecule has 0 atom stereocenters. The topological polar surface area (TPSA) is 67.8 Å². The second-order valence-corrected chi connectivity index (χ2v) is 5.53. The zero-order chi connectivity index (χ0) is 13.2. The van der Waals surface area contributed by atoms with E-state index in [0.717, 1.165) is 17.1 Å². The maximum Gasteiger partial charge on any atom is 0.265 e. The van der Waals surface area contributed by atoms with Gasteiger partial charge < -0.3 is 5.32 Å². The van der Waals surface area contributed by atoms with Crippen LogP contribution in [0.2, 0.25) is 0 Å². The van der Waals surface area contributed by atoms with Crippen LogP contribution in [0.4, 0.5) is 0 Å². The summed E-state index contributed by atoms with van der Waals surface area (Å²) in [5.41, 5.74) is 2.99. The van der Waals surface area contributed by atoms with Crippen LogP contribution in [-0.4, -0.2) is 20.5 Å². The van der Waals surface area contributed by atoms with E-state index in [2.05, 4.69) is 26.0 Å². The highest BCUT2D eigenvalue weighted by atomic mass is 32.1. The maximum absolute atomic E-state index is 11.9. The van der Waals surface area contributed by atoms with Gasteiger partial charge in [0.25, 0.3) is 5.91 Å². The van der Waals surface area contributed by atoms with E-state index in [1.807, 2.05) is 6.20 Å². The van der Waals surface area contributed by atoms with Crippen LogP contribution in [0.5, 0.6) is 0 Å². The summed E-state index contributed by atoms with van der Waals surface area (Å²) in [6.45, 7) is 2.28. The first-order chi connectivity index (χ1) is 9.24. The number of carbonyl (C=O) groups excluding carboxylic acids is 1. The lowest BCUT2D eigenvalue weighted by atomic mass is 10.1. The average Bonchev–Trinajstić information content (AvgIpc) is 3.19. The highest BCUT2D eigenvalue weighted by molar-refractivity contribution is 7.07. The van der Waals surface area contributed by atoms with Crippen LogP contribution >= 0.6 is 11.5 Å². The molecule has 1 N–H and O–H groups in total. The first-order valence-electron chi connectivity index (χ1n) is 6.25. The van der Waals surface area contributed by atoms with Crippen molar-refractivity contribution in [1.29, 1.82) is 0 Å². The zero-order valence-electron chi connectivity index (χ0n) is 10.6. The van der Waals surface area contributed by atoms with Crippen molar-refractivity contribution in [2.45, 2.75) is 32.2 Å². The number of pyridine rings is 1. The molecule has 0 aromatic carbocycles. The van der Waals surface area contributed by atoms with Gasteiger partial charge >= 0.3 is 0 Å². The molecule has 0 radical (unpaired) electrons. The van der Waals surface area contributed by atoms with Crippen molar-refractivity contribution in [2.75, 3.05) is 0 Å². The first kappa shape index (κ1) is 12.2. The second-order valence-electron chi connectivity index (χ2n) is 4.77. The summed E-state index contributed by atoms with van der Waals surface area (Å²) >= 11 is 1.12. The van der Waals surface area contributed by atoms with Crippen LogP contribution in [0.15, 0.2) is 18.5 Å². The third-order valence-corrected chi connectivity index (χ3v) is 4.00. The number of hydrogen-bond acceptors (Lipinski definition) is 5. The monoisotopic (exact) mass is 274 g/mol. The Hall–Kier alpha value is -1.82. The summed E-state index contributed by atoms with van der Waals surface area (Å²) in [6.07, 6.45) is 6.22. The minimum Gasteiger partial charge on any atom is -0.347 e. The van der Waals surface area contributed by atoms with Gasteiger partial charge in [-0.05, 0) is 48.3 Å². The van der Waals surface area contributed by atoms with Crippen LogP contribution in [0.3, 0.4) is 0 Å². The van der Waals surface area contributed by atoms with Crippen LogP contribution in [0.1, 0.15) is 45.3 Å². The van der Waals surface area contributed by atoms with E-state index in [-0.39, 0.29) is 5.91 Å². The number of aromatic nitrogens is 3. The minimum absolute atomic E-state index is 0.121. The molecule has 19 heavy (non-hydrogen) atoms. The van der Waals surface area contributed by atoms with Gasteiger partial charge in [0, 0.05) is 18.9 Å². The van der Waals surface area contributed by atoms with E-state index in [4.69, 9.17) is 0 Å². The predicted molar refractivity (Wildman–Crippen MR) is 72.0 cm³/mol. The fourth-order valence-corrected chi connectivity index (χ4v) is 2.52. The van der Waals surface area contributed by atoms with Crippen LogP contribution < -0.4 is 5.32 Å². The normalized spacial score (nSPS) is 14.4. The number of rotatable bonds is 4. The summed E-state index contributed by atoms with van der Waals surface area (Å²) < 4.78 is 3.76. The fourth-order valence-electron chi connectivity index (χ4n) is 1.95. The molecule has 0 bridgehead atoms. The molecule has 5 nitrogen and oxygen atoms in total. The quantitative estimate of drug-likeness (QED) is 0.926. The average molecular weight is 274 g/mol. The van der Waals surface area contributed by atoms with Crippen molar-refractivity contribution >= 4 is 17.4 Å². The first-order valence-corrected chi connectivity index (χ1v) is 7.02. The number of nitrogens with one attached hydrogen (secondary N) is 1. The van der Waals surface area contributed by atoms with Gasteiger partial charge in [0.2, 0.25) is 0 Å². The summed E-state index contributed by atoms with van der Waals surface area (Å²) in [7, 11) is 0. The van der Waals surface area contributed by atoms with E-state index in [1.54, 1.807) is 13.1 Å². The molecular weight excluding hydrogens is 260 g/mol. The summed E-state index contributed by atoms with van der Waals surface area (Å²) in [5, 5.41) is 6.71. The molecular formula is C13H14N4OS. The zero-order valence-corrected chi connectivity index (χ0v) is 11.4. The van der Waals surface area contributed by atoms with Crippen molar-refractivity contribution < 1.29 is 4.79 Å². The van der Waals surface area contributed by atoms with Crippen molar-refractivity contribution in [3.05, 3.63) is 40.2 Å². The van der Waals surface area contributed by atoms with E-state index in [9.17, 15) is 4.79 Å². The molecule has 0 unspecified atom stereocenters. The van der Waals surface area contributed by atoms with Crippen molar-refractivity contribution in [1.82, 2.24) is 19.9 Å². The molecule has 2 aromatic rings. The van der Waals surface area contributed by atoms with E-state index in [0.29, 0.717) is 23.0 Å². The SMILES string of the molecule is Cc1nnsc1C(=O)NCc1cncc(C2CC2)c1. The van der Waals surface area contributed by atoms with Crippen molar-refractivity contribution in [3.63, 3.8) is 0 Å². The molecule has 1 aliphatic rings. The van der Waals surface area contributed by atoms with Crippen LogP contribution in [0, 0.1) is 6.92 Å². The molecule has 0 aliphatic heterocycles. The third-order valence-electron chi connectivity index (χ3n) is 3.18. The molecule has 1 fully saturated rings. The van der Waals surface area contributed by atoms with Gasteiger partial charge in [0.05, 0.1) is 5.69 Å². The van der Waals surface area contributed by atoms with Gasteiger partial charge in [0.15, 0.2) is 0 Å². The Labute approximate surface area is 115 Å². The van der Waals surface area contributed by atoms with Crippen molar-refractivity contribution in [2.24, 2.45) is 0 Å². The molecule has 0 saturated heterocycles. The number of hydrogen-bond donors (Lipinski definition) is 1. The van der Waals surface area contributed by atoms with Gasteiger partial charge in [-0.15, -0.1) is 5.10 Å². The molecule has 1 aliphatic carbocycles. The molecule has 1 amide bonds. The number of aryl methyl sites for hydroxylation is 1. The van der Waals surface area contributed by atoms with Gasteiger partial charge in [-0.2, -0.15) is 0 Å². The summed E-state index contributed by atoms with van der Waals surface area (Å²) in [5.74, 6) is 0.556. The maximum atomic E-state index is 11.9. The lowest BCUT2D eigenvalue weighted by molar-refractivity contribution is 0.0954. The molecule has 2 aromatic heterocycles. The number of amides is 1. The Morgan fingerprint density at radius 1 is 1.47 bits per heavy atom. The lowest BCUT2D eigenvalue weighted by Gasteiger charge is -2.05. The molecule has 6 heteroatoms. The Balaban J connectivity index is 1.64. The lowest BCUT2D eigenvalue weighted by Crippen LogP contribution is -2.22. The summed E-state index contributed by atoms with van der Waals surface area (Å²) in [6, 6.07) is 2.13. The Morgan fingerprint density at radius 3 is 3.00 bits per heavy atom. The molecule has 1 saturated carbocycles.